The van der Waals surface area contributed by atoms with E-state index in [1.807, 2.05) is 61.5 Å². The molecule has 0 spiro atoms. The topological polar surface area (TPSA) is 59.0 Å². The maximum Gasteiger partial charge on any atom is 0.276 e. The third-order valence-corrected chi connectivity index (χ3v) is 5.33. The van der Waals surface area contributed by atoms with E-state index < -0.39 is 0 Å². The van der Waals surface area contributed by atoms with Gasteiger partial charge in [-0.2, -0.15) is 5.10 Å². The summed E-state index contributed by atoms with van der Waals surface area (Å²) in [5.74, 6) is 0.590. The van der Waals surface area contributed by atoms with Crippen molar-refractivity contribution in [1.82, 2.24) is 9.78 Å². The lowest BCUT2D eigenvalue weighted by Gasteiger charge is -2.12. The lowest BCUT2D eigenvalue weighted by atomic mass is 10.1. The summed E-state index contributed by atoms with van der Waals surface area (Å²) in [6, 6.07) is 19.5. The van der Waals surface area contributed by atoms with Gasteiger partial charge in [-0.05, 0) is 68.1 Å². The number of rotatable bonds is 6. The number of carbonyl (C=O) groups is 1. The van der Waals surface area contributed by atoms with Gasteiger partial charge in [0.1, 0.15) is 0 Å². The zero-order chi connectivity index (χ0) is 19.3. The minimum absolute atomic E-state index is 0.204. The molecule has 1 aliphatic carbocycles. The van der Waals surface area contributed by atoms with Crippen LogP contribution in [0, 0.1) is 12.8 Å². The van der Waals surface area contributed by atoms with Gasteiger partial charge in [-0.15, -0.1) is 0 Å². The summed E-state index contributed by atoms with van der Waals surface area (Å²) >= 11 is 0. The first-order valence-electron chi connectivity index (χ1n) is 9.96. The number of aryl methyl sites for hydroxylation is 1. The van der Waals surface area contributed by atoms with Crippen LogP contribution >= 0.6 is 0 Å². The highest BCUT2D eigenvalue weighted by Gasteiger charge is 2.15. The van der Waals surface area contributed by atoms with Crippen molar-refractivity contribution in [3.8, 4) is 5.69 Å². The van der Waals surface area contributed by atoms with E-state index in [-0.39, 0.29) is 5.91 Å². The van der Waals surface area contributed by atoms with E-state index in [0.29, 0.717) is 5.69 Å². The first-order chi connectivity index (χ1) is 13.7. The van der Waals surface area contributed by atoms with Gasteiger partial charge in [0.15, 0.2) is 5.69 Å². The van der Waals surface area contributed by atoms with Crippen molar-refractivity contribution in [1.29, 1.82) is 0 Å². The molecule has 1 aromatic heterocycles. The quantitative estimate of drug-likeness (QED) is 0.636. The third-order valence-electron chi connectivity index (χ3n) is 5.33. The molecule has 0 radical (unpaired) electrons. The highest BCUT2D eigenvalue weighted by atomic mass is 16.1. The van der Waals surface area contributed by atoms with Crippen LogP contribution in [0.5, 0.6) is 0 Å². The summed E-state index contributed by atoms with van der Waals surface area (Å²) in [5.41, 5.74) is 4.13. The number of benzene rings is 2. The number of aromatic nitrogens is 2. The average molecular weight is 374 g/mol. The number of hydrogen-bond acceptors (Lipinski definition) is 3. The van der Waals surface area contributed by atoms with Crippen LogP contribution in [0.4, 0.5) is 11.4 Å². The average Bonchev–Trinajstić information content (AvgIpc) is 3.38. The molecule has 144 valence electrons. The second-order valence-corrected chi connectivity index (χ2v) is 7.48. The Hall–Kier alpha value is -3.08. The minimum atomic E-state index is -0.204. The van der Waals surface area contributed by atoms with E-state index in [0.717, 1.165) is 35.2 Å². The number of anilines is 2. The second-order valence-electron chi connectivity index (χ2n) is 7.48. The van der Waals surface area contributed by atoms with Crippen LogP contribution in [0.1, 0.15) is 41.9 Å². The maximum atomic E-state index is 12.6. The summed E-state index contributed by atoms with van der Waals surface area (Å²) in [6.45, 7) is 2.98. The van der Waals surface area contributed by atoms with E-state index in [1.165, 1.54) is 25.7 Å². The van der Waals surface area contributed by atoms with Crippen LogP contribution < -0.4 is 10.6 Å². The SMILES string of the molecule is Cc1cc(C(=O)Nc2ccc(NCC3CCCC3)cc2)nn1-c1ccccc1. The molecule has 5 heteroatoms. The van der Waals surface area contributed by atoms with Crippen LogP contribution in [0.3, 0.4) is 0 Å². The Morgan fingerprint density at radius 3 is 2.43 bits per heavy atom. The van der Waals surface area contributed by atoms with Crippen molar-refractivity contribution in [3.05, 3.63) is 72.1 Å². The number of amides is 1. The van der Waals surface area contributed by atoms with Gasteiger partial charge in [0.05, 0.1) is 5.69 Å². The van der Waals surface area contributed by atoms with Gasteiger partial charge >= 0.3 is 0 Å². The second kappa shape index (κ2) is 8.30. The number of hydrogen-bond donors (Lipinski definition) is 2. The lowest BCUT2D eigenvalue weighted by Crippen LogP contribution is -2.13. The van der Waals surface area contributed by atoms with Crippen molar-refractivity contribution in [2.75, 3.05) is 17.2 Å². The molecule has 4 rings (SSSR count). The van der Waals surface area contributed by atoms with E-state index in [2.05, 4.69) is 15.7 Å². The number of nitrogens with one attached hydrogen (secondary N) is 2. The Balaban J connectivity index is 1.38. The molecule has 0 aliphatic heterocycles. The van der Waals surface area contributed by atoms with Gasteiger partial charge in [-0.1, -0.05) is 31.0 Å². The van der Waals surface area contributed by atoms with Gasteiger partial charge in [0.25, 0.3) is 5.91 Å². The Morgan fingerprint density at radius 2 is 1.71 bits per heavy atom. The molecule has 1 aliphatic rings. The fourth-order valence-electron chi connectivity index (χ4n) is 3.76. The minimum Gasteiger partial charge on any atom is -0.385 e. The van der Waals surface area contributed by atoms with Crippen molar-refractivity contribution in [2.45, 2.75) is 32.6 Å². The van der Waals surface area contributed by atoms with E-state index in [1.54, 1.807) is 10.7 Å². The summed E-state index contributed by atoms with van der Waals surface area (Å²) < 4.78 is 1.78. The van der Waals surface area contributed by atoms with Gasteiger partial charge in [-0.3, -0.25) is 4.79 Å². The monoisotopic (exact) mass is 374 g/mol. The largest absolute Gasteiger partial charge is 0.385 e. The molecule has 3 aromatic rings. The molecule has 2 N–H and O–H groups in total. The number of carbonyl (C=O) groups excluding carboxylic acids is 1. The van der Waals surface area contributed by atoms with Crippen molar-refractivity contribution in [3.63, 3.8) is 0 Å². The van der Waals surface area contributed by atoms with E-state index in [4.69, 9.17) is 0 Å². The van der Waals surface area contributed by atoms with Gasteiger partial charge in [-0.25, -0.2) is 4.68 Å². The number of para-hydroxylation sites is 1. The molecule has 0 atom stereocenters. The molecule has 1 heterocycles. The van der Waals surface area contributed by atoms with Crippen molar-refractivity contribution < 1.29 is 4.79 Å². The molecule has 0 saturated heterocycles. The molecule has 1 saturated carbocycles. The first kappa shape index (κ1) is 18.3. The highest BCUT2D eigenvalue weighted by Crippen LogP contribution is 2.25. The summed E-state index contributed by atoms with van der Waals surface area (Å²) in [4.78, 5) is 12.6. The Morgan fingerprint density at radius 1 is 1.04 bits per heavy atom. The molecule has 2 aromatic carbocycles. The normalized spacial score (nSPS) is 14.2. The highest BCUT2D eigenvalue weighted by molar-refractivity contribution is 6.03. The Bertz CT molecular complexity index is 925. The Kier molecular flexibility index (Phi) is 5.42. The molecule has 0 unspecified atom stereocenters. The van der Waals surface area contributed by atoms with Crippen molar-refractivity contribution in [2.24, 2.45) is 5.92 Å². The molecular weight excluding hydrogens is 348 g/mol. The van der Waals surface area contributed by atoms with Crippen LogP contribution in [0.2, 0.25) is 0 Å². The predicted octanol–water partition coefficient (Wildman–Crippen LogP) is 5.04. The number of nitrogens with zero attached hydrogens (tertiary/aromatic N) is 2. The maximum absolute atomic E-state index is 12.6. The molecular formula is C23H26N4O. The molecule has 1 amide bonds. The van der Waals surface area contributed by atoms with Crippen LogP contribution in [-0.2, 0) is 0 Å². The molecule has 1 fully saturated rings. The summed E-state index contributed by atoms with van der Waals surface area (Å²) in [7, 11) is 0. The molecule has 0 bridgehead atoms. The van der Waals surface area contributed by atoms with Crippen molar-refractivity contribution >= 4 is 17.3 Å². The lowest BCUT2D eigenvalue weighted by molar-refractivity contribution is 0.102. The smallest absolute Gasteiger partial charge is 0.276 e. The fourth-order valence-corrected chi connectivity index (χ4v) is 3.76. The molecule has 5 nitrogen and oxygen atoms in total. The zero-order valence-corrected chi connectivity index (χ0v) is 16.2. The Labute approximate surface area is 165 Å². The standard InChI is InChI=1S/C23H26N4O/c1-17-15-22(26-27(17)21-9-3-2-4-10-21)23(28)25-20-13-11-19(12-14-20)24-16-18-7-5-6-8-18/h2-4,9-15,18,24H,5-8,16H2,1H3,(H,25,28). The van der Waals surface area contributed by atoms with Gasteiger partial charge in [0, 0.05) is 23.6 Å². The fraction of sp³-hybridized carbons (Fsp3) is 0.304. The first-order valence-corrected chi connectivity index (χ1v) is 9.96. The van der Waals surface area contributed by atoms with Gasteiger partial charge < -0.3 is 10.6 Å². The predicted molar refractivity (Wildman–Crippen MR) is 113 cm³/mol. The third kappa shape index (κ3) is 4.25. The van der Waals surface area contributed by atoms with E-state index in [9.17, 15) is 4.79 Å². The zero-order valence-electron chi connectivity index (χ0n) is 16.2. The van der Waals surface area contributed by atoms with Gasteiger partial charge in [0.2, 0.25) is 0 Å². The summed E-state index contributed by atoms with van der Waals surface area (Å²) in [6.07, 6.45) is 5.38. The van der Waals surface area contributed by atoms with Crippen LogP contribution in [-0.4, -0.2) is 22.2 Å². The summed E-state index contributed by atoms with van der Waals surface area (Å²) in [5, 5.41) is 10.9. The van der Waals surface area contributed by atoms with Crippen LogP contribution in [0.25, 0.3) is 5.69 Å². The van der Waals surface area contributed by atoms with E-state index >= 15 is 0 Å². The van der Waals surface area contributed by atoms with Crippen LogP contribution in [0.15, 0.2) is 60.7 Å². The molecule has 28 heavy (non-hydrogen) atoms.